The summed E-state index contributed by atoms with van der Waals surface area (Å²) < 4.78 is 26.2. The van der Waals surface area contributed by atoms with E-state index in [1.165, 1.54) is 0 Å². The fourth-order valence-electron chi connectivity index (χ4n) is 1.53. The molecule has 5 heteroatoms. The normalized spacial score (nSPS) is 12.2. The van der Waals surface area contributed by atoms with Crippen molar-refractivity contribution in [1.82, 2.24) is 5.32 Å². The molecular weight excluding hydrogens is 226 g/mol. The molecule has 0 saturated carbocycles. The van der Waals surface area contributed by atoms with Gasteiger partial charge >= 0.3 is 0 Å². The van der Waals surface area contributed by atoms with Gasteiger partial charge in [0.15, 0.2) is 0 Å². The van der Waals surface area contributed by atoms with Gasteiger partial charge in [-0.1, -0.05) is 13.3 Å². The number of nitrogens with one attached hydrogen (secondary N) is 1. The first-order valence-electron chi connectivity index (χ1n) is 5.54. The molecule has 0 aliphatic rings. The summed E-state index contributed by atoms with van der Waals surface area (Å²) in [5, 5.41) is 2.58. The van der Waals surface area contributed by atoms with Gasteiger partial charge in [-0.15, -0.1) is 0 Å². The second-order valence-electron chi connectivity index (χ2n) is 3.82. The van der Waals surface area contributed by atoms with Crippen LogP contribution in [0.5, 0.6) is 0 Å². The topological polar surface area (TPSA) is 55.1 Å². The molecule has 0 bridgehead atoms. The molecule has 3 N–H and O–H groups in total. The Morgan fingerprint density at radius 1 is 1.47 bits per heavy atom. The van der Waals surface area contributed by atoms with Gasteiger partial charge in [0.1, 0.15) is 11.6 Å². The smallest absolute Gasteiger partial charge is 0.254 e. The second-order valence-corrected chi connectivity index (χ2v) is 3.82. The molecule has 0 fully saturated rings. The lowest BCUT2D eigenvalue weighted by atomic mass is 10.1. The van der Waals surface area contributed by atoms with Crippen LogP contribution in [0.3, 0.4) is 0 Å². The van der Waals surface area contributed by atoms with Crippen LogP contribution in [-0.4, -0.2) is 18.5 Å². The lowest BCUT2D eigenvalue weighted by Crippen LogP contribution is -2.40. The van der Waals surface area contributed by atoms with Crippen molar-refractivity contribution in [2.75, 3.05) is 6.54 Å². The summed E-state index contributed by atoms with van der Waals surface area (Å²) in [5.41, 5.74) is 5.18. The van der Waals surface area contributed by atoms with Crippen molar-refractivity contribution in [3.8, 4) is 0 Å². The van der Waals surface area contributed by atoms with Gasteiger partial charge in [0.05, 0.1) is 5.56 Å². The van der Waals surface area contributed by atoms with E-state index in [1.54, 1.807) is 0 Å². The quantitative estimate of drug-likeness (QED) is 0.827. The first-order chi connectivity index (χ1) is 8.08. The van der Waals surface area contributed by atoms with Gasteiger partial charge in [-0.3, -0.25) is 4.79 Å². The highest BCUT2D eigenvalue weighted by Crippen LogP contribution is 2.10. The van der Waals surface area contributed by atoms with Crippen molar-refractivity contribution in [2.45, 2.75) is 25.8 Å². The van der Waals surface area contributed by atoms with E-state index in [2.05, 4.69) is 5.32 Å². The Balaban J connectivity index is 2.78. The highest BCUT2D eigenvalue weighted by molar-refractivity contribution is 5.94. The Morgan fingerprint density at radius 2 is 2.18 bits per heavy atom. The van der Waals surface area contributed by atoms with E-state index in [0.717, 1.165) is 24.6 Å². The predicted octanol–water partition coefficient (Wildman–Crippen LogP) is 1.82. The number of amides is 1. The molecule has 1 aromatic carbocycles. The summed E-state index contributed by atoms with van der Waals surface area (Å²) in [4.78, 5) is 11.7. The SMILES string of the molecule is CCCC(CN)NC(=O)c1cc(F)ccc1F. The first-order valence-corrected chi connectivity index (χ1v) is 5.54. The number of carbonyl (C=O) groups excluding carboxylic acids is 1. The Morgan fingerprint density at radius 3 is 2.76 bits per heavy atom. The van der Waals surface area contributed by atoms with Gasteiger partial charge in [0.25, 0.3) is 5.91 Å². The number of hydrogen-bond donors (Lipinski definition) is 2. The van der Waals surface area contributed by atoms with Crippen molar-refractivity contribution >= 4 is 5.91 Å². The maximum absolute atomic E-state index is 13.3. The van der Waals surface area contributed by atoms with E-state index in [4.69, 9.17) is 5.73 Å². The van der Waals surface area contributed by atoms with E-state index in [-0.39, 0.29) is 18.2 Å². The molecule has 0 radical (unpaired) electrons. The summed E-state index contributed by atoms with van der Waals surface area (Å²) in [7, 11) is 0. The minimum Gasteiger partial charge on any atom is -0.348 e. The number of nitrogens with two attached hydrogens (primary N) is 1. The van der Waals surface area contributed by atoms with Gasteiger partial charge in [-0.05, 0) is 24.6 Å². The summed E-state index contributed by atoms with van der Waals surface area (Å²) in [5.74, 6) is -2.02. The molecule has 1 atom stereocenters. The van der Waals surface area contributed by atoms with Crippen LogP contribution in [0.15, 0.2) is 18.2 Å². The van der Waals surface area contributed by atoms with Crippen molar-refractivity contribution in [3.63, 3.8) is 0 Å². The van der Waals surface area contributed by atoms with Gasteiger partial charge in [0.2, 0.25) is 0 Å². The fraction of sp³-hybridized carbons (Fsp3) is 0.417. The number of benzene rings is 1. The van der Waals surface area contributed by atoms with Gasteiger partial charge in [-0.2, -0.15) is 0 Å². The van der Waals surface area contributed by atoms with Crippen LogP contribution in [0.2, 0.25) is 0 Å². The predicted molar refractivity (Wildman–Crippen MR) is 61.6 cm³/mol. The van der Waals surface area contributed by atoms with Crippen LogP contribution in [0.4, 0.5) is 8.78 Å². The maximum Gasteiger partial charge on any atom is 0.254 e. The van der Waals surface area contributed by atoms with Crippen LogP contribution in [0, 0.1) is 11.6 Å². The average Bonchev–Trinajstić information content (AvgIpc) is 2.31. The Hall–Kier alpha value is -1.49. The van der Waals surface area contributed by atoms with Gasteiger partial charge < -0.3 is 11.1 Å². The molecule has 0 aromatic heterocycles. The highest BCUT2D eigenvalue weighted by Gasteiger charge is 2.16. The van der Waals surface area contributed by atoms with Crippen LogP contribution in [-0.2, 0) is 0 Å². The van der Waals surface area contributed by atoms with E-state index in [1.807, 2.05) is 6.92 Å². The van der Waals surface area contributed by atoms with Crippen LogP contribution >= 0.6 is 0 Å². The average molecular weight is 242 g/mol. The van der Waals surface area contributed by atoms with Crippen LogP contribution in [0.25, 0.3) is 0 Å². The van der Waals surface area contributed by atoms with Crippen molar-refractivity contribution in [2.24, 2.45) is 5.73 Å². The molecule has 1 unspecified atom stereocenters. The molecule has 0 heterocycles. The Bertz CT molecular complexity index is 396. The molecule has 17 heavy (non-hydrogen) atoms. The largest absolute Gasteiger partial charge is 0.348 e. The van der Waals surface area contributed by atoms with E-state index in [0.29, 0.717) is 6.42 Å². The minimum atomic E-state index is -0.740. The van der Waals surface area contributed by atoms with E-state index >= 15 is 0 Å². The molecule has 0 aliphatic carbocycles. The fourth-order valence-corrected chi connectivity index (χ4v) is 1.53. The van der Waals surface area contributed by atoms with Gasteiger partial charge in [0, 0.05) is 12.6 Å². The summed E-state index contributed by atoms with van der Waals surface area (Å²) in [6.07, 6.45) is 1.56. The monoisotopic (exact) mass is 242 g/mol. The molecule has 3 nitrogen and oxygen atoms in total. The van der Waals surface area contributed by atoms with E-state index < -0.39 is 17.5 Å². The van der Waals surface area contributed by atoms with Crippen LogP contribution in [0.1, 0.15) is 30.1 Å². The molecule has 94 valence electrons. The Kier molecular flexibility index (Phi) is 5.03. The second kappa shape index (κ2) is 6.30. The molecule has 1 amide bonds. The number of halogens is 2. The Labute approximate surface area is 99.0 Å². The third-order valence-corrected chi connectivity index (χ3v) is 2.43. The molecular formula is C12H16F2N2O. The van der Waals surface area contributed by atoms with Crippen molar-refractivity contribution < 1.29 is 13.6 Å². The van der Waals surface area contributed by atoms with Crippen molar-refractivity contribution in [3.05, 3.63) is 35.4 Å². The maximum atomic E-state index is 13.3. The number of carbonyl (C=O) groups is 1. The highest BCUT2D eigenvalue weighted by atomic mass is 19.1. The van der Waals surface area contributed by atoms with E-state index in [9.17, 15) is 13.6 Å². The summed E-state index contributed by atoms with van der Waals surface area (Å²) in [6, 6.07) is 2.57. The molecule has 1 rings (SSSR count). The number of rotatable bonds is 5. The minimum absolute atomic E-state index is 0.213. The standard InChI is InChI=1S/C12H16F2N2O/c1-2-3-9(7-15)16-12(17)10-6-8(13)4-5-11(10)14/h4-6,9H,2-3,7,15H2,1H3,(H,16,17). The molecule has 0 spiro atoms. The zero-order valence-electron chi connectivity index (χ0n) is 9.67. The number of hydrogen-bond acceptors (Lipinski definition) is 2. The molecule has 1 aromatic rings. The molecule has 0 saturated heterocycles. The van der Waals surface area contributed by atoms with Crippen LogP contribution < -0.4 is 11.1 Å². The lowest BCUT2D eigenvalue weighted by molar-refractivity contribution is 0.0931. The third-order valence-electron chi connectivity index (χ3n) is 2.43. The lowest BCUT2D eigenvalue weighted by Gasteiger charge is -2.16. The zero-order chi connectivity index (χ0) is 12.8. The zero-order valence-corrected chi connectivity index (χ0v) is 9.67. The first kappa shape index (κ1) is 13.6. The summed E-state index contributed by atoms with van der Waals surface area (Å²) >= 11 is 0. The summed E-state index contributed by atoms with van der Waals surface area (Å²) in [6.45, 7) is 2.23. The van der Waals surface area contributed by atoms with Crippen molar-refractivity contribution in [1.29, 1.82) is 0 Å². The van der Waals surface area contributed by atoms with Gasteiger partial charge in [-0.25, -0.2) is 8.78 Å². The third kappa shape index (κ3) is 3.78. The molecule has 0 aliphatic heterocycles.